The number of aromatic carboxylic acids is 1. The monoisotopic (exact) mass is 202 g/mol. The van der Waals surface area contributed by atoms with Crippen LogP contribution in [0.1, 0.15) is 16.1 Å². The van der Waals surface area contributed by atoms with Crippen LogP contribution in [-0.4, -0.2) is 11.0 Å². The molecule has 0 amide bonds. The molecule has 0 radical (unpaired) electrons. The Kier molecular flexibility index (Phi) is 2.04. The molecule has 2 aromatic rings. The minimum atomic E-state index is -1.29. The Bertz CT molecular complexity index is 598. The largest absolute Gasteiger partial charge is 0.545 e. The zero-order chi connectivity index (χ0) is 11.0. The number of benzene rings is 1. The smallest absolute Gasteiger partial charge is 0.189 e. The predicted molar refractivity (Wildman–Crippen MR) is 53.6 cm³/mol. The van der Waals surface area contributed by atoms with Crippen LogP contribution in [0.4, 0.5) is 0 Å². The average molecular weight is 202 g/mol. The van der Waals surface area contributed by atoms with Gasteiger partial charge >= 0.3 is 0 Å². The highest BCUT2D eigenvalue weighted by Gasteiger charge is 2.05. The molecule has 76 valence electrons. The third kappa shape index (κ3) is 1.50. The lowest BCUT2D eigenvalue weighted by Gasteiger charge is -2.07. The van der Waals surface area contributed by atoms with Crippen LogP contribution in [0.2, 0.25) is 0 Å². The van der Waals surface area contributed by atoms with Gasteiger partial charge in [-0.3, -0.25) is 4.79 Å². The summed E-state index contributed by atoms with van der Waals surface area (Å²) < 4.78 is 0. The van der Waals surface area contributed by atoms with Crippen LogP contribution in [0.3, 0.4) is 0 Å². The van der Waals surface area contributed by atoms with Crippen molar-refractivity contribution in [2.75, 3.05) is 0 Å². The van der Waals surface area contributed by atoms with Gasteiger partial charge in [-0.1, -0.05) is 12.1 Å². The Morgan fingerprint density at radius 3 is 2.80 bits per heavy atom. The molecule has 0 aliphatic rings. The minimum absolute atomic E-state index is 0.00769. The fraction of sp³-hybridized carbons (Fsp3) is 0.0909. The van der Waals surface area contributed by atoms with E-state index in [2.05, 4.69) is 4.98 Å². The Balaban J connectivity index is 2.97. The molecule has 15 heavy (non-hydrogen) atoms. The van der Waals surface area contributed by atoms with Crippen molar-refractivity contribution in [3.8, 4) is 0 Å². The number of pyridine rings is 1. The third-order valence-corrected chi connectivity index (χ3v) is 2.22. The van der Waals surface area contributed by atoms with Gasteiger partial charge in [0.1, 0.15) is 0 Å². The number of aromatic amines is 1. The summed E-state index contributed by atoms with van der Waals surface area (Å²) in [7, 11) is 0. The molecule has 1 N–H and O–H groups in total. The highest BCUT2D eigenvalue weighted by atomic mass is 16.4. The number of hydrogen-bond donors (Lipinski definition) is 1. The van der Waals surface area contributed by atoms with E-state index >= 15 is 0 Å². The normalized spacial score (nSPS) is 10.5. The van der Waals surface area contributed by atoms with Crippen LogP contribution in [-0.2, 0) is 0 Å². The van der Waals surface area contributed by atoms with Crippen molar-refractivity contribution in [1.29, 1.82) is 0 Å². The van der Waals surface area contributed by atoms with Gasteiger partial charge in [-0.15, -0.1) is 0 Å². The minimum Gasteiger partial charge on any atom is -0.545 e. The molecule has 1 heterocycles. The number of aryl methyl sites for hydroxylation is 1. The number of nitrogens with one attached hydrogen (secondary N) is 1. The Morgan fingerprint density at radius 2 is 2.13 bits per heavy atom. The van der Waals surface area contributed by atoms with E-state index in [-0.39, 0.29) is 11.0 Å². The summed E-state index contributed by atoms with van der Waals surface area (Å²) in [4.78, 5) is 25.2. The SMILES string of the molecule is Cc1cc(=O)c2cccc(C(=O)[O-])c2[nH]1. The second kappa shape index (κ2) is 3.24. The second-order valence-electron chi connectivity index (χ2n) is 3.33. The van der Waals surface area contributed by atoms with Crippen molar-refractivity contribution in [3.63, 3.8) is 0 Å². The number of aromatic nitrogens is 1. The number of para-hydroxylation sites is 1. The van der Waals surface area contributed by atoms with Gasteiger partial charge in [0.05, 0.1) is 11.5 Å². The molecule has 2 rings (SSSR count). The highest BCUT2D eigenvalue weighted by Crippen LogP contribution is 2.13. The molecule has 0 saturated heterocycles. The van der Waals surface area contributed by atoms with Crippen LogP contribution in [0.15, 0.2) is 29.1 Å². The summed E-state index contributed by atoms with van der Waals surface area (Å²) in [5.41, 5.74) is 0.765. The molecular formula is C11H8NO3-. The second-order valence-corrected chi connectivity index (χ2v) is 3.33. The van der Waals surface area contributed by atoms with Gasteiger partial charge in [0, 0.05) is 22.7 Å². The van der Waals surface area contributed by atoms with Gasteiger partial charge in [-0.25, -0.2) is 0 Å². The molecule has 0 spiro atoms. The number of carboxylic acid groups (broad SMARTS) is 1. The summed E-state index contributed by atoms with van der Waals surface area (Å²) in [5, 5.41) is 11.2. The molecule has 4 heteroatoms. The topological polar surface area (TPSA) is 73.0 Å². The first-order valence-electron chi connectivity index (χ1n) is 4.43. The maximum absolute atomic E-state index is 11.5. The molecule has 0 aliphatic carbocycles. The number of carbonyl (C=O) groups is 1. The summed E-state index contributed by atoms with van der Waals surface area (Å²) in [6.45, 7) is 1.70. The van der Waals surface area contributed by atoms with Crippen LogP contribution in [0.25, 0.3) is 10.9 Å². The van der Waals surface area contributed by atoms with Gasteiger partial charge in [0.15, 0.2) is 5.43 Å². The number of rotatable bonds is 1. The zero-order valence-corrected chi connectivity index (χ0v) is 8.03. The first-order chi connectivity index (χ1) is 7.09. The lowest BCUT2D eigenvalue weighted by Crippen LogP contribution is -2.23. The van der Waals surface area contributed by atoms with Crippen LogP contribution < -0.4 is 10.5 Å². The summed E-state index contributed by atoms with van der Waals surface area (Å²) in [6, 6.07) is 5.95. The lowest BCUT2D eigenvalue weighted by atomic mass is 10.1. The first-order valence-corrected chi connectivity index (χ1v) is 4.43. The fourth-order valence-electron chi connectivity index (χ4n) is 1.57. The molecular weight excluding hydrogens is 194 g/mol. The van der Waals surface area contributed by atoms with E-state index in [4.69, 9.17) is 0 Å². The highest BCUT2D eigenvalue weighted by molar-refractivity contribution is 6.00. The van der Waals surface area contributed by atoms with Crippen LogP contribution >= 0.6 is 0 Å². The fourth-order valence-corrected chi connectivity index (χ4v) is 1.57. The van der Waals surface area contributed by atoms with E-state index in [1.807, 2.05) is 0 Å². The van der Waals surface area contributed by atoms with Crippen molar-refractivity contribution in [2.24, 2.45) is 0 Å². The summed E-state index contributed by atoms with van der Waals surface area (Å²) >= 11 is 0. The van der Waals surface area contributed by atoms with E-state index in [1.165, 1.54) is 18.2 Å². The standard InChI is InChI=1S/C11H9NO3/c1-6-5-9(13)7-3-2-4-8(11(14)15)10(7)12-6/h2-5H,1H3,(H,12,13)(H,14,15)/p-1. The lowest BCUT2D eigenvalue weighted by molar-refractivity contribution is -0.254. The van der Waals surface area contributed by atoms with Crippen molar-refractivity contribution in [1.82, 2.24) is 4.98 Å². The average Bonchev–Trinajstić information content (AvgIpc) is 2.16. The van der Waals surface area contributed by atoms with Gasteiger partial charge in [0.25, 0.3) is 0 Å². The number of fused-ring (bicyclic) bond motifs is 1. The molecule has 1 aromatic heterocycles. The summed E-state index contributed by atoms with van der Waals surface area (Å²) in [6.07, 6.45) is 0. The first kappa shape index (κ1) is 9.45. The molecule has 0 aliphatic heterocycles. The Labute approximate surface area is 85.2 Å². The molecule has 4 nitrogen and oxygen atoms in total. The zero-order valence-electron chi connectivity index (χ0n) is 8.03. The quantitative estimate of drug-likeness (QED) is 0.717. The van der Waals surface area contributed by atoms with E-state index < -0.39 is 5.97 Å². The molecule has 1 aromatic carbocycles. The number of carboxylic acids is 1. The van der Waals surface area contributed by atoms with Crippen LogP contribution in [0.5, 0.6) is 0 Å². The van der Waals surface area contributed by atoms with E-state index in [1.54, 1.807) is 13.0 Å². The van der Waals surface area contributed by atoms with Crippen molar-refractivity contribution >= 4 is 16.9 Å². The molecule has 0 saturated carbocycles. The van der Waals surface area contributed by atoms with Gasteiger partial charge < -0.3 is 14.9 Å². The van der Waals surface area contributed by atoms with Gasteiger partial charge in [-0.2, -0.15) is 0 Å². The van der Waals surface area contributed by atoms with Crippen LogP contribution in [0, 0.1) is 6.92 Å². The van der Waals surface area contributed by atoms with Crippen molar-refractivity contribution in [2.45, 2.75) is 6.92 Å². The Hall–Kier alpha value is -2.10. The number of H-pyrrole nitrogens is 1. The van der Waals surface area contributed by atoms with Gasteiger partial charge in [-0.05, 0) is 13.0 Å². The van der Waals surface area contributed by atoms with Gasteiger partial charge in [0.2, 0.25) is 0 Å². The van der Waals surface area contributed by atoms with E-state index in [9.17, 15) is 14.7 Å². The number of hydrogen-bond acceptors (Lipinski definition) is 3. The third-order valence-electron chi connectivity index (χ3n) is 2.22. The maximum atomic E-state index is 11.5. The molecule has 0 unspecified atom stereocenters. The molecule has 0 bridgehead atoms. The Morgan fingerprint density at radius 1 is 1.40 bits per heavy atom. The van der Waals surface area contributed by atoms with E-state index in [0.717, 1.165) is 0 Å². The predicted octanol–water partition coefficient (Wildman–Crippen LogP) is 0.200. The number of carbonyl (C=O) groups excluding carboxylic acids is 1. The maximum Gasteiger partial charge on any atom is 0.189 e. The van der Waals surface area contributed by atoms with Crippen molar-refractivity contribution in [3.05, 3.63) is 45.7 Å². The van der Waals surface area contributed by atoms with Crippen molar-refractivity contribution < 1.29 is 9.90 Å². The molecule has 0 fully saturated rings. The molecule has 0 atom stereocenters. The summed E-state index contributed by atoms with van der Waals surface area (Å²) in [5.74, 6) is -1.29. The van der Waals surface area contributed by atoms with E-state index in [0.29, 0.717) is 16.6 Å².